The van der Waals surface area contributed by atoms with Gasteiger partial charge in [0.05, 0.1) is 16.8 Å². The highest BCUT2D eigenvalue weighted by molar-refractivity contribution is 7.08. The third-order valence-corrected chi connectivity index (χ3v) is 5.78. The second-order valence-electron chi connectivity index (χ2n) is 7.07. The number of carbonyl (C=O) groups excluding carboxylic acids is 2. The number of hydrogen-bond acceptors (Lipinski definition) is 4. The lowest BCUT2D eigenvalue weighted by molar-refractivity contribution is 0.0629. The molecule has 1 aliphatic heterocycles. The molecule has 0 saturated carbocycles. The first kappa shape index (κ1) is 19.4. The summed E-state index contributed by atoms with van der Waals surface area (Å²) in [4.78, 5) is 29.8. The number of carbonyl (C=O) groups is 2. The molecule has 0 atom stereocenters. The Hall–Kier alpha value is -2.96. The molecular formula is C23H23N3O2S. The number of anilines is 1. The Morgan fingerprint density at radius 1 is 0.897 bits per heavy atom. The molecule has 0 bridgehead atoms. The van der Waals surface area contributed by atoms with E-state index in [1.807, 2.05) is 28.5 Å². The van der Waals surface area contributed by atoms with E-state index in [4.69, 9.17) is 0 Å². The SMILES string of the molecule is O=C(Nc1ccccc1C(=O)N1CCN(Cc2ccccc2)CC1)c1ccsc1. The monoisotopic (exact) mass is 405 g/mol. The third kappa shape index (κ3) is 4.72. The van der Waals surface area contributed by atoms with Crippen LogP contribution in [0.25, 0.3) is 0 Å². The van der Waals surface area contributed by atoms with Crippen molar-refractivity contribution in [3.8, 4) is 0 Å². The van der Waals surface area contributed by atoms with Crippen molar-refractivity contribution < 1.29 is 9.59 Å². The molecular weight excluding hydrogens is 382 g/mol. The van der Waals surface area contributed by atoms with Gasteiger partial charge in [-0.05, 0) is 29.1 Å². The van der Waals surface area contributed by atoms with Gasteiger partial charge in [-0.15, -0.1) is 0 Å². The molecule has 1 aromatic heterocycles. The summed E-state index contributed by atoms with van der Waals surface area (Å²) in [6.07, 6.45) is 0. The zero-order valence-corrected chi connectivity index (χ0v) is 16.9. The number of piperazine rings is 1. The van der Waals surface area contributed by atoms with Crippen molar-refractivity contribution in [3.05, 3.63) is 88.1 Å². The van der Waals surface area contributed by atoms with E-state index in [1.165, 1.54) is 16.9 Å². The maximum atomic E-state index is 13.1. The topological polar surface area (TPSA) is 52.7 Å². The molecule has 0 aliphatic carbocycles. The molecule has 2 amide bonds. The minimum atomic E-state index is -0.195. The highest BCUT2D eigenvalue weighted by Gasteiger charge is 2.24. The van der Waals surface area contributed by atoms with Crippen LogP contribution >= 0.6 is 11.3 Å². The largest absolute Gasteiger partial charge is 0.336 e. The zero-order chi connectivity index (χ0) is 20.1. The van der Waals surface area contributed by atoms with Crippen molar-refractivity contribution in [2.45, 2.75) is 6.54 Å². The van der Waals surface area contributed by atoms with Gasteiger partial charge in [0, 0.05) is 38.1 Å². The molecule has 0 unspecified atom stereocenters. The fourth-order valence-corrected chi connectivity index (χ4v) is 4.12. The molecule has 2 aromatic carbocycles. The van der Waals surface area contributed by atoms with Gasteiger partial charge in [0.25, 0.3) is 11.8 Å². The van der Waals surface area contributed by atoms with Crippen molar-refractivity contribution in [3.63, 3.8) is 0 Å². The predicted molar refractivity (Wildman–Crippen MR) is 116 cm³/mol. The summed E-state index contributed by atoms with van der Waals surface area (Å²) < 4.78 is 0. The zero-order valence-electron chi connectivity index (χ0n) is 16.1. The molecule has 5 nitrogen and oxygen atoms in total. The van der Waals surface area contributed by atoms with E-state index in [0.717, 1.165) is 19.6 Å². The number of benzene rings is 2. The number of nitrogens with one attached hydrogen (secondary N) is 1. The second kappa shape index (κ2) is 9.03. The summed E-state index contributed by atoms with van der Waals surface area (Å²) in [5.74, 6) is -0.232. The normalized spacial score (nSPS) is 14.6. The maximum Gasteiger partial charge on any atom is 0.256 e. The van der Waals surface area contributed by atoms with Crippen LogP contribution in [0.5, 0.6) is 0 Å². The van der Waals surface area contributed by atoms with Gasteiger partial charge in [0.15, 0.2) is 0 Å². The number of nitrogens with zero attached hydrogens (tertiary/aromatic N) is 2. The van der Waals surface area contributed by atoms with Crippen molar-refractivity contribution in [2.24, 2.45) is 0 Å². The quantitative estimate of drug-likeness (QED) is 0.699. The number of hydrogen-bond donors (Lipinski definition) is 1. The first-order valence-corrected chi connectivity index (χ1v) is 10.6. The summed E-state index contributed by atoms with van der Waals surface area (Å²) in [6, 6.07) is 19.4. The van der Waals surface area contributed by atoms with Crippen LogP contribution in [0.1, 0.15) is 26.3 Å². The van der Waals surface area contributed by atoms with Crippen LogP contribution in [-0.4, -0.2) is 47.8 Å². The number of amides is 2. The summed E-state index contributed by atoms with van der Waals surface area (Å²) in [5, 5.41) is 6.54. The minimum Gasteiger partial charge on any atom is -0.336 e. The maximum absolute atomic E-state index is 13.1. The molecule has 2 heterocycles. The fraction of sp³-hybridized carbons (Fsp3) is 0.217. The number of para-hydroxylation sites is 1. The molecule has 3 aromatic rings. The van der Waals surface area contributed by atoms with Crippen LogP contribution in [0.4, 0.5) is 5.69 Å². The molecule has 1 saturated heterocycles. The number of rotatable bonds is 5. The highest BCUT2D eigenvalue weighted by atomic mass is 32.1. The van der Waals surface area contributed by atoms with E-state index >= 15 is 0 Å². The molecule has 4 rings (SSSR count). The van der Waals surface area contributed by atoms with Crippen LogP contribution < -0.4 is 5.32 Å². The average Bonchev–Trinajstić information content (AvgIpc) is 3.30. The Kier molecular flexibility index (Phi) is 6.03. The Bertz CT molecular complexity index is 965. The van der Waals surface area contributed by atoms with E-state index < -0.39 is 0 Å². The van der Waals surface area contributed by atoms with E-state index in [-0.39, 0.29) is 11.8 Å². The van der Waals surface area contributed by atoms with Crippen LogP contribution in [0.15, 0.2) is 71.4 Å². The van der Waals surface area contributed by atoms with Crippen LogP contribution in [-0.2, 0) is 6.54 Å². The Balaban J connectivity index is 1.39. The van der Waals surface area contributed by atoms with Gasteiger partial charge < -0.3 is 10.2 Å². The molecule has 1 N–H and O–H groups in total. The van der Waals surface area contributed by atoms with Crippen LogP contribution in [0.3, 0.4) is 0 Å². The first-order chi connectivity index (χ1) is 14.2. The molecule has 1 aliphatic rings. The molecule has 0 radical (unpaired) electrons. The average molecular weight is 406 g/mol. The predicted octanol–water partition coefficient (Wildman–Crippen LogP) is 3.96. The van der Waals surface area contributed by atoms with Crippen molar-refractivity contribution in [1.82, 2.24) is 9.80 Å². The molecule has 148 valence electrons. The van der Waals surface area contributed by atoms with Gasteiger partial charge in [-0.3, -0.25) is 14.5 Å². The standard InChI is InChI=1S/C23H23N3O2S/c27-22(19-10-15-29-17-19)24-21-9-5-4-8-20(21)23(28)26-13-11-25(12-14-26)16-18-6-2-1-3-7-18/h1-10,15,17H,11-14,16H2,(H,24,27). The fourth-order valence-electron chi connectivity index (χ4n) is 3.49. The lowest BCUT2D eigenvalue weighted by atomic mass is 10.1. The molecule has 0 spiro atoms. The lowest BCUT2D eigenvalue weighted by Crippen LogP contribution is -2.48. The van der Waals surface area contributed by atoms with Crippen LogP contribution in [0, 0.1) is 0 Å². The summed E-state index contributed by atoms with van der Waals surface area (Å²) in [6.45, 7) is 3.93. The Labute approximate surface area is 174 Å². The van der Waals surface area contributed by atoms with Gasteiger partial charge >= 0.3 is 0 Å². The molecule has 6 heteroatoms. The lowest BCUT2D eigenvalue weighted by Gasteiger charge is -2.35. The van der Waals surface area contributed by atoms with Gasteiger partial charge in [-0.1, -0.05) is 42.5 Å². The van der Waals surface area contributed by atoms with E-state index in [2.05, 4.69) is 34.5 Å². The first-order valence-electron chi connectivity index (χ1n) is 9.69. The van der Waals surface area contributed by atoms with Gasteiger partial charge in [0.2, 0.25) is 0 Å². The summed E-state index contributed by atoms with van der Waals surface area (Å²) in [5.41, 5.74) is 2.98. The third-order valence-electron chi connectivity index (χ3n) is 5.10. The highest BCUT2D eigenvalue weighted by Crippen LogP contribution is 2.20. The van der Waals surface area contributed by atoms with Gasteiger partial charge in [-0.25, -0.2) is 0 Å². The van der Waals surface area contributed by atoms with Crippen LogP contribution in [0.2, 0.25) is 0 Å². The Morgan fingerprint density at radius 3 is 2.34 bits per heavy atom. The molecule has 1 fully saturated rings. The smallest absolute Gasteiger partial charge is 0.256 e. The van der Waals surface area contributed by atoms with Crippen molar-refractivity contribution in [1.29, 1.82) is 0 Å². The van der Waals surface area contributed by atoms with E-state index in [9.17, 15) is 9.59 Å². The molecule has 29 heavy (non-hydrogen) atoms. The Morgan fingerprint density at radius 2 is 1.62 bits per heavy atom. The van der Waals surface area contributed by atoms with E-state index in [1.54, 1.807) is 23.6 Å². The number of thiophene rings is 1. The summed E-state index contributed by atoms with van der Waals surface area (Å²) in [7, 11) is 0. The minimum absolute atomic E-state index is 0.0365. The van der Waals surface area contributed by atoms with E-state index in [0.29, 0.717) is 29.9 Å². The van der Waals surface area contributed by atoms with Gasteiger partial charge in [-0.2, -0.15) is 11.3 Å². The van der Waals surface area contributed by atoms with Crippen molar-refractivity contribution >= 4 is 28.8 Å². The summed E-state index contributed by atoms with van der Waals surface area (Å²) >= 11 is 1.47. The second-order valence-corrected chi connectivity index (χ2v) is 7.85. The van der Waals surface area contributed by atoms with Gasteiger partial charge in [0.1, 0.15) is 0 Å². The van der Waals surface area contributed by atoms with Crippen molar-refractivity contribution in [2.75, 3.05) is 31.5 Å².